The summed E-state index contributed by atoms with van der Waals surface area (Å²) >= 11 is 2.41. The average Bonchev–Trinajstić information content (AvgIpc) is 1.90. The predicted molar refractivity (Wildman–Crippen MR) is 48.7 cm³/mol. The molecule has 1 aliphatic heterocycles. The molecule has 0 bridgehead atoms. The van der Waals surface area contributed by atoms with Crippen LogP contribution in [0.1, 0.15) is 6.92 Å². The van der Waals surface area contributed by atoms with Gasteiger partial charge in [-0.05, 0) is 12.3 Å². The van der Waals surface area contributed by atoms with Crippen molar-refractivity contribution in [1.29, 1.82) is 0 Å². The first-order chi connectivity index (χ1) is 4.30. The Morgan fingerprint density at radius 3 is 2.67 bits per heavy atom. The van der Waals surface area contributed by atoms with E-state index in [1.165, 1.54) is 0 Å². The van der Waals surface area contributed by atoms with Gasteiger partial charge in [0.1, 0.15) is 0 Å². The van der Waals surface area contributed by atoms with E-state index in [2.05, 4.69) is 47.0 Å². The molecule has 0 radical (unpaired) electrons. The van der Waals surface area contributed by atoms with Crippen molar-refractivity contribution in [2.75, 3.05) is 0 Å². The highest BCUT2D eigenvalue weighted by molar-refractivity contribution is 14.1. The Bertz CT molecular complexity index is 138. The Morgan fingerprint density at radius 2 is 2.33 bits per heavy atom. The average molecular weight is 235 g/mol. The first kappa shape index (κ1) is 7.12. The van der Waals surface area contributed by atoms with E-state index in [0.29, 0.717) is 9.97 Å². The minimum Gasteiger partial charge on any atom is -0.384 e. The lowest BCUT2D eigenvalue weighted by Gasteiger charge is -2.17. The normalized spacial score (nSPS) is 27.6. The highest BCUT2D eigenvalue weighted by Crippen LogP contribution is 2.08. The second kappa shape index (κ2) is 3.25. The van der Waals surface area contributed by atoms with Crippen molar-refractivity contribution < 1.29 is 0 Å². The van der Waals surface area contributed by atoms with Gasteiger partial charge in [-0.1, -0.05) is 41.7 Å². The van der Waals surface area contributed by atoms with Crippen LogP contribution in [0.15, 0.2) is 24.4 Å². The molecule has 0 saturated heterocycles. The summed E-state index contributed by atoms with van der Waals surface area (Å²) in [4.78, 5) is 0. The lowest BCUT2D eigenvalue weighted by atomic mass is 10.2. The van der Waals surface area contributed by atoms with Crippen LogP contribution >= 0.6 is 22.6 Å². The molecule has 0 saturated carbocycles. The molecule has 1 heterocycles. The van der Waals surface area contributed by atoms with Crippen molar-refractivity contribution in [2.24, 2.45) is 0 Å². The molecule has 9 heavy (non-hydrogen) atoms. The van der Waals surface area contributed by atoms with Gasteiger partial charge in [0.05, 0.1) is 6.04 Å². The molecular formula is C7H10IN. The van der Waals surface area contributed by atoms with E-state index in [1.54, 1.807) is 0 Å². The van der Waals surface area contributed by atoms with Crippen molar-refractivity contribution in [3.8, 4) is 0 Å². The number of allylic oxidation sites excluding steroid dienone is 2. The number of hydrogen-bond donors (Lipinski definition) is 1. The monoisotopic (exact) mass is 235 g/mol. The van der Waals surface area contributed by atoms with E-state index >= 15 is 0 Å². The minimum atomic E-state index is 0.524. The van der Waals surface area contributed by atoms with Crippen LogP contribution in [0.25, 0.3) is 0 Å². The third kappa shape index (κ3) is 2.01. The summed E-state index contributed by atoms with van der Waals surface area (Å²) in [5, 5.41) is 3.24. The van der Waals surface area contributed by atoms with Crippen LogP contribution < -0.4 is 5.32 Å². The van der Waals surface area contributed by atoms with Gasteiger partial charge >= 0.3 is 0 Å². The molecule has 0 aromatic carbocycles. The molecule has 1 N–H and O–H groups in total. The summed E-state index contributed by atoms with van der Waals surface area (Å²) < 4.78 is 0.656. The number of nitrogens with one attached hydrogen (secondary N) is 1. The Balaban J connectivity index is 2.46. The fraction of sp³-hybridized carbons (Fsp3) is 0.429. The van der Waals surface area contributed by atoms with Crippen molar-refractivity contribution in [3.05, 3.63) is 24.4 Å². The van der Waals surface area contributed by atoms with Crippen molar-refractivity contribution in [1.82, 2.24) is 5.32 Å². The van der Waals surface area contributed by atoms with Gasteiger partial charge in [-0.25, -0.2) is 0 Å². The van der Waals surface area contributed by atoms with Gasteiger partial charge < -0.3 is 5.32 Å². The third-order valence-corrected chi connectivity index (χ3v) is 2.08. The minimum absolute atomic E-state index is 0.524. The summed E-state index contributed by atoms with van der Waals surface area (Å²) in [7, 11) is 0. The Morgan fingerprint density at radius 1 is 1.56 bits per heavy atom. The smallest absolute Gasteiger partial charge is 0.0557 e. The molecule has 0 aliphatic carbocycles. The number of halogens is 1. The maximum absolute atomic E-state index is 3.24. The van der Waals surface area contributed by atoms with Crippen LogP contribution in [-0.2, 0) is 0 Å². The quantitative estimate of drug-likeness (QED) is 0.540. The fourth-order valence-corrected chi connectivity index (χ4v) is 1.19. The van der Waals surface area contributed by atoms with Gasteiger partial charge in [-0.15, -0.1) is 0 Å². The molecule has 0 fully saturated rings. The van der Waals surface area contributed by atoms with Crippen molar-refractivity contribution >= 4 is 22.6 Å². The molecule has 50 valence electrons. The largest absolute Gasteiger partial charge is 0.384 e. The zero-order valence-electron chi connectivity index (χ0n) is 5.34. The zero-order chi connectivity index (χ0) is 6.69. The number of rotatable bonds is 1. The third-order valence-electron chi connectivity index (χ3n) is 1.31. The molecule has 0 amide bonds. The van der Waals surface area contributed by atoms with E-state index in [4.69, 9.17) is 0 Å². The molecule has 0 aromatic rings. The molecule has 2 heteroatoms. The Kier molecular flexibility index (Phi) is 2.57. The van der Waals surface area contributed by atoms with Gasteiger partial charge in [-0.3, -0.25) is 0 Å². The topological polar surface area (TPSA) is 12.0 Å². The van der Waals surface area contributed by atoms with Gasteiger partial charge in [0.25, 0.3) is 0 Å². The SMILES string of the molecule is CC(I)C1C=CC=CN1. The van der Waals surface area contributed by atoms with E-state index in [9.17, 15) is 0 Å². The lowest BCUT2D eigenvalue weighted by Crippen LogP contribution is -2.30. The number of dihydropyridines is 1. The molecule has 1 nitrogen and oxygen atoms in total. The summed E-state index contributed by atoms with van der Waals surface area (Å²) in [5.74, 6) is 0. The van der Waals surface area contributed by atoms with Crippen LogP contribution in [0.5, 0.6) is 0 Å². The summed E-state index contributed by atoms with van der Waals surface area (Å²) in [6, 6.07) is 0.524. The van der Waals surface area contributed by atoms with Gasteiger partial charge in [0, 0.05) is 3.92 Å². The fourth-order valence-electron chi connectivity index (χ4n) is 0.747. The maximum atomic E-state index is 3.24. The second-order valence-corrected chi connectivity index (χ2v) is 4.08. The summed E-state index contributed by atoms with van der Waals surface area (Å²) in [6.45, 7) is 2.20. The number of hydrogen-bond acceptors (Lipinski definition) is 1. The molecule has 2 atom stereocenters. The molecule has 1 rings (SSSR count). The van der Waals surface area contributed by atoms with Crippen LogP contribution in [0.4, 0.5) is 0 Å². The van der Waals surface area contributed by atoms with Crippen LogP contribution in [0, 0.1) is 0 Å². The standard InChI is InChI=1S/C7H10IN/c1-6(8)7-4-2-3-5-9-7/h2-7,9H,1H3. The number of alkyl halides is 1. The van der Waals surface area contributed by atoms with E-state index in [1.807, 2.05) is 12.3 Å². The first-order valence-electron chi connectivity index (χ1n) is 3.04. The lowest BCUT2D eigenvalue weighted by molar-refractivity contribution is 0.700. The molecule has 0 spiro atoms. The Labute approximate surface area is 69.4 Å². The highest BCUT2D eigenvalue weighted by Gasteiger charge is 2.08. The zero-order valence-corrected chi connectivity index (χ0v) is 7.50. The molecule has 0 aromatic heterocycles. The van der Waals surface area contributed by atoms with Gasteiger partial charge in [0.15, 0.2) is 0 Å². The first-order valence-corrected chi connectivity index (χ1v) is 4.29. The van der Waals surface area contributed by atoms with E-state index < -0.39 is 0 Å². The van der Waals surface area contributed by atoms with E-state index in [-0.39, 0.29) is 0 Å². The highest BCUT2D eigenvalue weighted by atomic mass is 127. The van der Waals surface area contributed by atoms with Crippen LogP contribution in [0.3, 0.4) is 0 Å². The van der Waals surface area contributed by atoms with Gasteiger partial charge in [0.2, 0.25) is 0 Å². The molecule has 1 aliphatic rings. The predicted octanol–water partition coefficient (Wildman–Crippen LogP) is 1.85. The molecular weight excluding hydrogens is 225 g/mol. The molecule has 2 unspecified atom stereocenters. The Hall–Kier alpha value is 0.01000. The maximum Gasteiger partial charge on any atom is 0.0557 e. The van der Waals surface area contributed by atoms with Crippen LogP contribution in [-0.4, -0.2) is 9.97 Å². The summed E-state index contributed by atoms with van der Waals surface area (Å²) in [5.41, 5.74) is 0. The van der Waals surface area contributed by atoms with Crippen molar-refractivity contribution in [2.45, 2.75) is 16.9 Å². The van der Waals surface area contributed by atoms with Crippen LogP contribution in [0.2, 0.25) is 0 Å². The van der Waals surface area contributed by atoms with Crippen molar-refractivity contribution in [3.63, 3.8) is 0 Å². The van der Waals surface area contributed by atoms with E-state index in [0.717, 1.165) is 0 Å². The second-order valence-electron chi connectivity index (χ2n) is 2.11. The van der Waals surface area contributed by atoms with Gasteiger partial charge in [-0.2, -0.15) is 0 Å². The summed E-state index contributed by atoms with van der Waals surface area (Å²) in [6.07, 6.45) is 8.25.